The van der Waals surface area contributed by atoms with Gasteiger partial charge in [0.2, 0.25) is 0 Å². The Balaban J connectivity index is 2.43. The molecule has 0 unspecified atom stereocenters. The Hall–Kier alpha value is -1.69. The number of rotatable bonds is 3. The van der Waals surface area contributed by atoms with E-state index in [2.05, 4.69) is 18.6 Å². The molecule has 0 fully saturated rings. The average molecular weight is 247 g/mol. The lowest BCUT2D eigenvalue weighted by atomic mass is 9.90. The lowest BCUT2D eigenvalue weighted by Gasteiger charge is -2.26. The predicted octanol–water partition coefficient (Wildman–Crippen LogP) is -0.441. The highest BCUT2D eigenvalue weighted by molar-refractivity contribution is 6.22. The Bertz CT molecular complexity index is 480. The van der Waals surface area contributed by atoms with Crippen LogP contribution in [0.5, 0.6) is 0 Å². The highest BCUT2D eigenvalue weighted by atomic mass is 16.4. The molecule has 5 nitrogen and oxygen atoms in total. The summed E-state index contributed by atoms with van der Waals surface area (Å²) in [6.07, 6.45) is 2.60. The van der Waals surface area contributed by atoms with Gasteiger partial charge in [-0.15, -0.1) is 0 Å². The second kappa shape index (κ2) is 4.90. The molecule has 0 aromatic rings. The van der Waals surface area contributed by atoms with E-state index in [0.717, 1.165) is 29.9 Å². The molecule has 0 aliphatic carbocycles. The zero-order valence-corrected chi connectivity index (χ0v) is 11.0. The van der Waals surface area contributed by atoms with E-state index < -0.39 is 5.97 Å². The molecule has 0 saturated carbocycles. The van der Waals surface area contributed by atoms with Gasteiger partial charge < -0.3 is 15.4 Å². The summed E-state index contributed by atoms with van der Waals surface area (Å²) in [7, 11) is 4.06. The molecular weight excluding hydrogens is 229 g/mol. The topological polar surface area (TPSA) is 64.6 Å². The minimum Gasteiger partial charge on any atom is -0.478 e. The van der Waals surface area contributed by atoms with Gasteiger partial charge in [0.1, 0.15) is 7.85 Å². The van der Waals surface area contributed by atoms with Crippen LogP contribution in [-0.2, 0) is 4.79 Å². The van der Waals surface area contributed by atoms with Crippen LogP contribution >= 0.6 is 0 Å². The van der Waals surface area contributed by atoms with Crippen molar-refractivity contribution in [3.8, 4) is 0 Å². The van der Waals surface area contributed by atoms with E-state index in [9.17, 15) is 4.79 Å². The highest BCUT2D eigenvalue weighted by Crippen LogP contribution is 2.26. The molecule has 6 heteroatoms. The van der Waals surface area contributed by atoms with Gasteiger partial charge in [-0.3, -0.25) is 0 Å². The van der Waals surface area contributed by atoms with Crippen LogP contribution in [0.25, 0.3) is 0 Å². The van der Waals surface area contributed by atoms with Crippen LogP contribution in [0, 0.1) is 0 Å². The Labute approximate surface area is 108 Å². The molecule has 0 radical (unpaired) electrons. The number of carboxylic acid groups (broad SMARTS) is 1. The summed E-state index contributed by atoms with van der Waals surface area (Å²) in [6, 6.07) is 0. The molecule has 0 amide bonds. The number of hydrogen-bond donors (Lipinski definition) is 3. The monoisotopic (exact) mass is 247 g/mol. The van der Waals surface area contributed by atoms with Gasteiger partial charge in [-0.2, -0.15) is 0 Å². The van der Waals surface area contributed by atoms with Crippen LogP contribution in [0.1, 0.15) is 13.3 Å². The number of hydrazine groups is 1. The first-order valence-electron chi connectivity index (χ1n) is 6.12. The number of dihydropyridines is 1. The van der Waals surface area contributed by atoms with Crippen molar-refractivity contribution >= 4 is 13.8 Å². The second-order valence-corrected chi connectivity index (χ2v) is 4.60. The summed E-state index contributed by atoms with van der Waals surface area (Å²) >= 11 is 0. The van der Waals surface area contributed by atoms with Gasteiger partial charge in [-0.1, -0.05) is 12.4 Å². The van der Waals surface area contributed by atoms with Crippen LogP contribution in [-0.4, -0.2) is 44.1 Å². The largest absolute Gasteiger partial charge is 0.478 e. The Morgan fingerprint density at radius 3 is 2.78 bits per heavy atom. The van der Waals surface area contributed by atoms with Crippen molar-refractivity contribution in [2.45, 2.75) is 13.3 Å². The van der Waals surface area contributed by atoms with Crippen LogP contribution in [0.2, 0.25) is 0 Å². The fourth-order valence-corrected chi connectivity index (χ4v) is 2.35. The normalized spacial score (nSPS) is 20.1. The summed E-state index contributed by atoms with van der Waals surface area (Å²) in [4.78, 5) is 11.0. The summed E-state index contributed by atoms with van der Waals surface area (Å²) < 4.78 is 0. The maximum atomic E-state index is 11.0. The first-order chi connectivity index (χ1) is 8.54. The molecular formula is C12H18BN3O2. The van der Waals surface area contributed by atoms with E-state index >= 15 is 0 Å². The van der Waals surface area contributed by atoms with Crippen LogP contribution in [0.15, 0.2) is 34.1 Å². The highest BCUT2D eigenvalue weighted by Gasteiger charge is 2.24. The van der Waals surface area contributed by atoms with E-state index in [1.807, 2.05) is 19.0 Å². The summed E-state index contributed by atoms with van der Waals surface area (Å²) in [6.45, 7) is 3.25. The number of aliphatic carboxylic acids is 1. The van der Waals surface area contributed by atoms with Gasteiger partial charge in [0.25, 0.3) is 0 Å². The SMILES string of the molecule is BC1=C(C2=C(CC)C=C(C(=O)O)CN2)N(C)NC1. The molecule has 2 aliphatic heterocycles. The smallest absolute Gasteiger partial charge is 0.333 e. The molecule has 0 aromatic carbocycles. The molecule has 0 spiro atoms. The summed E-state index contributed by atoms with van der Waals surface area (Å²) in [5.41, 5.74) is 8.15. The molecule has 2 rings (SSSR count). The molecule has 3 N–H and O–H groups in total. The van der Waals surface area contributed by atoms with E-state index in [-0.39, 0.29) is 0 Å². The van der Waals surface area contributed by atoms with Crippen molar-refractivity contribution in [1.82, 2.24) is 15.8 Å². The molecule has 0 aromatic heterocycles. The van der Waals surface area contributed by atoms with Gasteiger partial charge in [-0.25, -0.2) is 10.2 Å². The van der Waals surface area contributed by atoms with Crippen LogP contribution < -0.4 is 10.7 Å². The number of likely N-dealkylation sites (N-methyl/N-ethyl adjacent to an activating group) is 1. The molecule has 18 heavy (non-hydrogen) atoms. The number of hydrogen-bond acceptors (Lipinski definition) is 4. The summed E-state index contributed by atoms with van der Waals surface area (Å²) in [5, 5.41) is 14.3. The third-order valence-corrected chi connectivity index (χ3v) is 3.34. The number of nitrogens with one attached hydrogen (secondary N) is 2. The second-order valence-electron chi connectivity index (χ2n) is 4.60. The van der Waals surface area contributed by atoms with E-state index in [4.69, 9.17) is 5.11 Å². The van der Waals surface area contributed by atoms with Gasteiger partial charge in [0, 0.05) is 20.1 Å². The minimum atomic E-state index is -0.851. The predicted molar refractivity (Wildman–Crippen MR) is 72.4 cm³/mol. The number of allylic oxidation sites excluding steroid dienone is 2. The molecule has 2 aliphatic rings. The molecule has 0 bridgehead atoms. The van der Waals surface area contributed by atoms with E-state index in [1.165, 1.54) is 5.47 Å². The zero-order valence-electron chi connectivity index (χ0n) is 11.0. The van der Waals surface area contributed by atoms with Crippen molar-refractivity contribution in [2.24, 2.45) is 0 Å². The maximum Gasteiger partial charge on any atom is 0.333 e. The maximum absolute atomic E-state index is 11.0. The van der Waals surface area contributed by atoms with Crippen molar-refractivity contribution < 1.29 is 9.90 Å². The third kappa shape index (κ3) is 2.16. The molecule has 0 saturated heterocycles. The van der Waals surface area contributed by atoms with Gasteiger partial charge in [-0.05, 0) is 18.1 Å². The number of nitrogens with zero attached hydrogens (tertiary/aromatic N) is 1. The lowest BCUT2D eigenvalue weighted by Crippen LogP contribution is -2.34. The first-order valence-corrected chi connectivity index (χ1v) is 6.12. The molecule has 0 atom stereocenters. The lowest BCUT2D eigenvalue weighted by molar-refractivity contribution is -0.132. The fourth-order valence-electron chi connectivity index (χ4n) is 2.35. The van der Waals surface area contributed by atoms with E-state index in [1.54, 1.807) is 6.08 Å². The van der Waals surface area contributed by atoms with Gasteiger partial charge >= 0.3 is 5.97 Å². The zero-order chi connectivity index (χ0) is 13.3. The Kier molecular flexibility index (Phi) is 3.47. The number of carboxylic acids is 1. The standard InChI is InChI=1S/C12H18BN3O2/c1-3-7-4-8(12(17)18)5-14-10(7)11-9(13)6-15-16(11)2/h4,14-15H,3,5-6,13H2,1-2H3,(H,17,18). The summed E-state index contributed by atoms with van der Waals surface area (Å²) in [5.74, 6) is -0.851. The van der Waals surface area contributed by atoms with Crippen molar-refractivity contribution in [2.75, 3.05) is 20.1 Å². The van der Waals surface area contributed by atoms with Crippen molar-refractivity contribution in [1.29, 1.82) is 0 Å². The minimum absolute atomic E-state index is 0.374. The van der Waals surface area contributed by atoms with Crippen LogP contribution in [0.3, 0.4) is 0 Å². The van der Waals surface area contributed by atoms with E-state index in [0.29, 0.717) is 12.1 Å². The van der Waals surface area contributed by atoms with Crippen molar-refractivity contribution in [3.63, 3.8) is 0 Å². The fraction of sp³-hybridized carbons (Fsp3) is 0.417. The Morgan fingerprint density at radius 1 is 1.56 bits per heavy atom. The van der Waals surface area contributed by atoms with Crippen LogP contribution in [0.4, 0.5) is 0 Å². The Morgan fingerprint density at radius 2 is 2.28 bits per heavy atom. The third-order valence-electron chi connectivity index (χ3n) is 3.34. The van der Waals surface area contributed by atoms with Crippen molar-refractivity contribution in [3.05, 3.63) is 34.1 Å². The number of carbonyl (C=O) groups is 1. The first kappa shape index (κ1) is 12.8. The average Bonchev–Trinajstić information content (AvgIpc) is 2.68. The molecule has 96 valence electrons. The van der Waals surface area contributed by atoms with Gasteiger partial charge in [0.05, 0.1) is 17.0 Å². The van der Waals surface area contributed by atoms with Gasteiger partial charge in [0.15, 0.2) is 0 Å². The quantitative estimate of drug-likeness (QED) is 0.590. The molecule has 2 heterocycles.